The van der Waals surface area contributed by atoms with E-state index in [1.807, 2.05) is 37.2 Å². The summed E-state index contributed by atoms with van der Waals surface area (Å²) in [6.07, 6.45) is -0.0436. The normalized spacial score (nSPS) is 13.1. The monoisotopic (exact) mass is 241 g/mol. The van der Waals surface area contributed by atoms with Gasteiger partial charge in [-0.05, 0) is 39.3 Å². The molecule has 1 atom stereocenters. The maximum absolute atomic E-state index is 11.5. The standard InChI is InChI=1S/C12H19NO2S/c1-9(2)15-12(14)8-13(4)10(3)11-6-5-7-16-11/h5-7,9-10H,8H2,1-4H3. The fourth-order valence-corrected chi connectivity index (χ4v) is 2.24. The van der Waals surface area contributed by atoms with Crippen LogP contribution in [0, 0.1) is 0 Å². The number of likely N-dealkylation sites (N-methyl/N-ethyl adjacent to an activating group) is 1. The Morgan fingerprint density at radius 3 is 2.69 bits per heavy atom. The van der Waals surface area contributed by atoms with Crippen molar-refractivity contribution in [3.8, 4) is 0 Å². The summed E-state index contributed by atoms with van der Waals surface area (Å²) in [5.74, 6) is -0.166. The lowest BCUT2D eigenvalue weighted by Gasteiger charge is -2.23. The fraction of sp³-hybridized carbons (Fsp3) is 0.583. The van der Waals surface area contributed by atoms with Crippen LogP contribution >= 0.6 is 11.3 Å². The highest BCUT2D eigenvalue weighted by atomic mass is 32.1. The van der Waals surface area contributed by atoms with E-state index in [9.17, 15) is 4.79 Å². The third kappa shape index (κ3) is 3.94. The lowest BCUT2D eigenvalue weighted by molar-refractivity contribution is -0.148. The van der Waals surface area contributed by atoms with Crippen molar-refractivity contribution in [1.29, 1.82) is 0 Å². The van der Waals surface area contributed by atoms with Crippen LogP contribution in [0.3, 0.4) is 0 Å². The lowest BCUT2D eigenvalue weighted by atomic mass is 10.2. The zero-order valence-corrected chi connectivity index (χ0v) is 11.1. The summed E-state index contributed by atoms with van der Waals surface area (Å²) in [5, 5.41) is 2.05. The highest BCUT2D eigenvalue weighted by molar-refractivity contribution is 7.10. The first kappa shape index (κ1) is 13.2. The molecule has 0 aliphatic heterocycles. The number of carbonyl (C=O) groups is 1. The topological polar surface area (TPSA) is 29.5 Å². The van der Waals surface area contributed by atoms with Crippen molar-refractivity contribution in [2.45, 2.75) is 32.9 Å². The maximum atomic E-state index is 11.5. The van der Waals surface area contributed by atoms with Gasteiger partial charge in [-0.3, -0.25) is 9.69 Å². The second-order valence-electron chi connectivity index (χ2n) is 4.15. The molecule has 0 fully saturated rings. The molecule has 4 heteroatoms. The van der Waals surface area contributed by atoms with Gasteiger partial charge in [0.05, 0.1) is 12.6 Å². The first-order valence-corrected chi connectivity index (χ1v) is 6.31. The molecular formula is C12H19NO2S. The molecule has 0 radical (unpaired) electrons. The molecular weight excluding hydrogens is 222 g/mol. The van der Waals surface area contributed by atoms with Gasteiger partial charge < -0.3 is 4.74 Å². The second-order valence-corrected chi connectivity index (χ2v) is 5.12. The molecule has 0 bridgehead atoms. The zero-order chi connectivity index (χ0) is 12.1. The minimum atomic E-state index is -0.166. The summed E-state index contributed by atoms with van der Waals surface area (Å²) in [5.41, 5.74) is 0. The smallest absolute Gasteiger partial charge is 0.320 e. The van der Waals surface area contributed by atoms with E-state index in [2.05, 4.69) is 13.0 Å². The molecule has 0 N–H and O–H groups in total. The Labute approximate surface area is 101 Å². The van der Waals surface area contributed by atoms with Crippen LogP contribution in [0.4, 0.5) is 0 Å². The van der Waals surface area contributed by atoms with Crippen LogP contribution in [0.15, 0.2) is 17.5 Å². The van der Waals surface area contributed by atoms with Crippen molar-refractivity contribution in [3.05, 3.63) is 22.4 Å². The van der Waals surface area contributed by atoms with Crippen LogP contribution in [0.5, 0.6) is 0 Å². The number of carbonyl (C=O) groups excluding carboxylic acids is 1. The number of ether oxygens (including phenoxy) is 1. The van der Waals surface area contributed by atoms with Crippen LogP contribution in [-0.4, -0.2) is 30.6 Å². The zero-order valence-electron chi connectivity index (χ0n) is 10.3. The Hall–Kier alpha value is -0.870. The van der Waals surface area contributed by atoms with E-state index >= 15 is 0 Å². The molecule has 0 aliphatic rings. The quantitative estimate of drug-likeness (QED) is 0.742. The summed E-state index contributed by atoms with van der Waals surface area (Å²) in [7, 11) is 1.94. The minimum absolute atomic E-state index is 0.0436. The number of hydrogen-bond donors (Lipinski definition) is 0. The first-order chi connectivity index (χ1) is 7.50. The second kappa shape index (κ2) is 6.01. The number of rotatable bonds is 5. The number of esters is 1. The molecule has 90 valence electrons. The Bertz CT molecular complexity index is 322. The SMILES string of the molecule is CC(C)OC(=O)CN(C)C(C)c1cccs1. The van der Waals surface area contributed by atoms with Crippen molar-refractivity contribution in [2.75, 3.05) is 13.6 Å². The summed E-state index contributed by atoms with van der Waals surface area (Å²) in [4.78, 5) is 14.7. The van der Waals surface area contributed by atoms with Crippen LogP contribution < -0.4 is 0 Å². The molecule has 16 heavy (non-hydrogen) atoms. The van der Waals surface area contributed by atoms with Crippen LogP contribution in [0.1, 0.15) is 31.7 Å². The average molecular weight is 241 g/mol. The van der Waals surface area contributed by atoms with E-state index in [1.54, 1.807) is 11.3 Å². The number of hydrogen-bond acceptors (Lipinski definition) is 4. The molecule has 1 unspecified atom stereocenters. The lowest BCUT2D eigenvalue weighted by Crippen LogP contribution is -2.30. The Morgan fingerprint density at radius 2 is 2.19 bits per heavy atom. The third-order valence-electron chi connectivity index (χ3n) is 2.36. The van der Waals surface area contributed by atoms with Crippen LogP contribution in [0.25, 0.3) is 0 Å². The van der Waals surface area contributed by atoms with Crippen molar-refractivity contribution in [3.63, 3.8) is 0 Å². The molecule has 0 aromatic carbocycles. The number of thiophene rings is 1. The van der Waals surface area contributed by atoms with Crippen molar-refractivity contribution < 1.29 is 9.53 Å². The Balaban J connectivity index is 2.46. The van der Waals surface area contributed by atoms with E-state index in [0.717, 1.165) is 0 Å². The minimum Gasteiger partial charge on any atom is -0.462 e. The fourth-order valence-electron chi connectivity index (χ4n) is 1.39. The molecule has 1 aromatic rings. The van der Waals surface area contributed by atoms with Crippen molar-refractivity contribution >= 4 is 17.3 Å². The van der Waals surface area contributed by atoms with Crippen molar-refractivity contribution in [1.82, 2.24) is 4.90 Å². The predicted octanol–water partition coefficient (Wildman–Crippen LogP) is 2.69. The van der Waals surface area contributed by atoms with Gasteiger partial charge in [0.15, 0.2) is 0 Å². The van der Waals surface area contributed by atoms with E-state index in [0.29, 0.717) is 6.54 Å². The largest absolute Gasteiger partial charge is 0.462 e. The van der Waals surface area contributed by atoms with Gasteiger partial charge in [-0.15, -0.1) is 11.3 Å². The van der Waals surface area contributed by atoms with Crippen LogP contribution in [0.2, 0.25) is 0 Å². The van der Waals surface area contributed by atoms with E-state index in [1.165, 1.54) is 4.88 Å². The van der Waals surface area contributed by atoms with Gasteiger partial charge in [-0.1, -0.05) is 6.07 Å². The van der Waals surface area contributed by atoms with Gasteiger partial charge in [0.2, 0.25) is 0 Å². The predicted molar refractivity (Wildman–Crippen MR) is 66.6 cm³/mol. The van der Waals surface area contributed by atoms with Crippen LogP contribution in [-0.2, 0) is 9.53 Å². The van der Waals surface area contributed by atoms with E-state index in [-0.39, 0.29) is 18.1 Å². The summed E-state index contributed by atoms with van der Waals surface area (Å²) >= 11 is 1.71. The highest BCUT2D eigenvalue weighted by Crippen LogP contribution is 2.22. The molecule has 0 amide bonds. The van der Waals surface area contributed by atoms with Gasteiger partial charge in [-0.25, -0.2) is 0 Å². The molecule has 0 spiro atoms. The third-order valence-corrected chi connectivity index (χ3v) is 3.40. The molecule has 1 aromatic heterocycles. The molecule has 0 saturated carbocycles. The van der Waals surface area contributed by atoms with Gasteiger partial charge >= 0.3 is 5.97 Å². The highest BCUT2D eigenvalue weighted by Gasteiger charge is 2.16. The number of nitrogens with zero attached hydrogens (tertiary/aromatic N) is 1. The molecule has 0 aliphatic carbocycles. The molecule has 1 heterocycles. The molecule has 3 nitrogen and oxygen atoms in total. The van der Waals surface area contributed by atoms with Gasteiger partial charge in [0, 0.05) is 10.9 Å². The van der Waals surface area contributed by atoms with Gasteiger partial charge in [0.25, 0.3) is 0 Å². The Kier molecular flexibility index (Phi) is 4.96. The molecule has 0 saturated heterocycles. The van der Waals surface area contributed by atoms with Gasteiger partial charge in [0.1, 0.15) is 0 Å². The average Bonchev–Trinajstić information content (AvgIpc) is 2.67. The molecule has 1 rings (SSSR count). The summed E-state index contributed by atoms with van der Waals surface area (Å²) < 4.78 is 5.11. The van der Waals surface area contributed by atoms with Gasteiger partial charge in [-0.2, -0.15) is 0 Å². The maximum Gasteiger partial charge on any atom is 0.320 e. The van der Waals surface area contributed by atoms with E-state index in [4.69, 9.17) is 4.74 Å². The summed E-state index contributed by atoms with van der Waals surface area (Å²) in [6.45, 7) is 6.15. The first-order valence-electron chi connectivity index (χ1n) is 5.44. The summed E-state index contributed by atoms with van der Waals surface area (Å²) in [6, 6.07) is 4.36. The Morgan fingerprint density at radius 1 is 1.50 bits per heavy atom. The van der Waals surface area contributed by atoms with Crippen molar-refractivity contribution in [2.24, 2.45) is 0 Å². The van der Waals surface area contributed by atoms with E-state index < -0.39 is 0 Å².